The van der Waals surface area contributed by atoms with Gasteiger partial charge in [0.15, 0.2) is 0 Å². The molecule has 0 saturated carbocycles. The minimum absolute atomic E-state index is 0.153. The highest BCUT2D eigenvalue weighted by Crippen LogP contribution is 2.16. The van der Waals surface area contributed by atoms with Crippen molar-refractivity contribution in [3.8, 4) is 0 Å². The molecule has 0 spiro atoms. The molecule has 1 aliphatic rings. The molecule has 0 bridgehead atoms. The summed E-state index contributed by atoms with van der Waals surface area (Å²) in [6.45, 7) is 3.13. The Balaban J connectivity index is 2.16. The van der Waals surface area contributed by atoms with E-state index in [2.05, 4.69) is 4.98 Å². The Morgan fingerprint density at radius 3 is 2.85 bits per heavy atom. The first-order chi connectivity index (χ1) is 9.63. The standard InChI is InChI=1S/C14H21ClN2O3/c1-2-5-11-12(15)16-14(19)17(13(11)18)8-7-10-6-3-4-9-20-10/h10H,2-9H2,1H3,(H,16,19). The third-order valence-electron chi connectivity index (χ3n) is 3.68. The summed E-state index contributed by atoms with van der Waals surface area (Å²) >= 11 is 5.94. The van der Waals surface area contributed by atoms with Crippen molar-refractivity contribution < 1.29 is 4.74 Å². The summed E-state index contributed by atoms with van der Waals surface area (Å²) < 4.78 is 6.87. The largest absolute Gasteiger partial charge is 0.378 e. The Morgan fingerprint density at radius 1 is 1.40 bits per heavy atom. The van der Waals surface area contributed by atoms with E-state index in [1.54, 1.807) is 0 Å². The Labute approximate surface area is 122 Å². The first-order valence-corrected chi connectivity index (χ1v) is 7.64. The molecule has 1 aromatic rings. The summed E-state index contributed by atoms with van der Waals surface area (Å²) in [5, 5.41) is 0.173. The summed E-state index contributed by atoms with van der Waals surface area (Å²) in [7, 11) is 0. The number of rotatable bonds is 5. The number of nitrogens with zero attached hydrogens (tertiary/aromatic N) is 1. The van der Waals surface area contributed by atoms with Crippen LogP contribution < -0.4 is 11.2 Å². The normalized spacial score (nSPS) is 19.2. The quantitative estimate of drug-likeness (QED) is 0.847. The maximum absolute atomic E-state index is 12.3. The monoisotopic (exact) mass is 300 g/mol. The Morgan fingerprint density at radius 2 is 2.20 bits per heavy atom. The van der Waals surface area contributed by atoms with Gasteiger partial charge >= 0.3 is 5.69 Å². The van der Waals surface area contributed by atoms with Crippen LogP contribution in [0.3, 0.4) is 0 Å². The van der Waals surface area contributed by atoms with Gasteiger partial charge < -0.3 is 4.74 Å². The molecule has 6 heteroatoms. The Bertz CT molecular complexity index is 559. The maximum Gasteiger partial charge on any atom is 0.329 e. The van der Waals surface area contributed by atoms with Gasteiger partial charge in [-0.1, -0.05) is 24.9 Å². The van der Waals surface area contributed by atoms with Crippen molar-refractivity contribution in [3.05, 3.63) is 31.6 Å². The zero-order valence-corrected chi connectivity index (χ0v) is 12.5. The number of halogens is 1. The minimum atomic E-state index is -0.435. The zero-order chi connectivity index (χ0) is 14.5. The van der Waals surface area contributed by atoms with Crippen molar-refractivity contribution in [2.75, 3.05) is 6.61 Å². The fourth-order valence-corrected chi connectivity index (χ4v) is 2.82. The van der Waals surface area contributed by atoms with Gasteiger partial charge in [0, 0.05) is 13.2 Å². The number of aromatic nitrogens is 2. The lowest BCUT2D eigenvalue weighted by molar-refractivity contribution is 0.00846. The van der Waals surface area contributed by atoms with Crippen LogP contribution in [0, 0.1) is 0 Å². The molecule has 20 heavy (non-hydrogen) atoms. The zero-order valence-electron chi connectivity index (χ0n) is 11.8. The van der Waals surface area contributed by atoms with Crippen LogP contribution in [-0.2, 0) is 17.7 Å². The predicted octanol–water partition coefficient (Wildman–Crippen LogP) is 2.10. The van der Waals surface area contributed by atoms with Gasteiger partial charge in [-0.15, -0.1) is 0 Å². The van der Waals surface area contributed by atoms with E-state index >= 15 is 0 Å². The topological polar surface area (TPSA) is 64.1 Å². The molecule has 1 atom stereocenters. The third kappa shape index (κ3) is 3.52. The molecular weight excluding hydrogens is 280 g/mol. The molecule has 112 valence electrons. The molecule has 5 nitrogen and oxygen atoms in total. The first kappa shape index (κ1) is 15.3. The van der Waals surface area contributed by atoms with E-state index in [9.17, 15) is 9.59 Å². The number of nitrogens with one attached hydrogen (secondary N) is 1. The van der Waals surface area contributed by atoms with Gasteiger partial charge in [-0.25, -0.2) is 4.79 Å². The van der Waals surface area contributed by atoms with Crippen LogP contribution >= 0.6 is 11.6 Å². The number of aromatic amines is 1. The van der Waals surface area contributed by atoms with E-state index in [0.29, 0.717) is 24.9 Å². The molecule has 1 unspecified atom stereocenters. The third-order valence-corrected chi connectivity index (χ3v) is 4.00. The molecule has 1 saturated heterocycles. The molecule has 1 N–H and O–H groups in total. The maximum atomic E-state index is 12.3. The van der Waals surface area contributed by atoms with Gasteiger partial charge in [0.05, 0.1) is 11.7 Å². The van der Waals surface area contributed by atoms with Crippen molar-refractivity contribution >= 4 is 11.6 Å². The Hall–Kier alpha value is -1.07. The molecule has 1 fully saturated rings. The number of H-pyrrole nitrogens is 1. The smallest absolute Gasteiger partial charge is 0.329 e. The number of ether oxygens (including phenoxy) is 1. The second kappa shape index (κ2) is 7.09. The second-order valence-corrected chi connectivity index (χ2v) is 5.58. The summed E-state index contributed by atoms with van der Waals surface area (Å²) in [5.74, 6) is 0. The van der Waals surface area contributed by atoms with Crippen LogP contribution in [0.4, 0.5) is 0 Å². The number of hydrogen-bond donors (Lipinski definition) is 1. The summed E-state index contributed by atoms with van der Waals surface area (Å²) in [6.07, 6.45) is 5.48. The fourth-order valence-electron chi connectivity index (χ4n) is 2.56. The van der Waals surface area contributed by atoms with Crippen LogP contribution in [0.1, 0.15) is 44.6 Å². The van der Waals surface area contributed by atoms with Crippen molar-refractivity contribution in [1.82, 2.24) is 9.55 Å². The molecule has 0 amide bonds. The lowest BCUT2D eigenvalue weighted by Crippen LogP contribution is -2.38. The van der Waals surface area contributed by atoms with E-state index in [-0.39, 0.29) is 16.8 Å². The molecule has 0 aromatic carbocycles. The number of hydrogen-bond acceptors (Lipinski definition) is 3. The summed E-state index contributed by atoms with van der Waals surface area (Å²) in [4.78, 5) is 26.7. The van der Waals surface area contributed by atoms with E-state index < -0.39 is 5.69 Å². The van der Waals surface area contributed by atoms with Crippen molar-refractivity contribution in [2.24, 2.45) is 0 Å². The average molecular weight is 301 g/mol. The van der Waals surface area contributed by atoms with Gasteiger partial charge in [0.25, 0.3) is 5.56 Å². The predicted molar refractivity (Wildman–Crippen MR) is 78.5 cm³/mol. The Kier molecular flexibility index (Phi) is 5.43. The van der Waals surface area contributed by atoms with Crippen molar-refractivity contribution in [3.63, 3.8) is 0 Å². The minimum Gasteiger partial charge on any atom is -0.378 e. The van der Waals surface area contributed by atoms with E-state index in [1.807, 2.05) is 6.92 Å². The average Bonchev–Trinajstić information content (AvgIpc) is 2.44. The van der Waals surface area contributed by atoms with Crippen molar-refractivity contribution in [1.29, 1.82) is 0 Å². The van der Waals surface area contributed by atoms with Crippen LogP contribution in [0.25, 0.3) is 0 Å². The highest BCUT2D eigenvalue weighted by atomic mass is 35.5. The van der Waals surface area contributed by atoms with E-state index in [1.165, 1.54) is 4.57 Å². The SMILES string of the molecule is CCCc1c(Cl)[nH]c(=O)n(CCC2CCCCO2)c1=O. The van der Waals surface area contributed by atoms with Gasteiger partial charge in [-0.3, -0.25) is 14.3 Å². The van der Waals surface area contributed by atoms with Crippen LogP contribution in [0.15, 0.2) is 9.59 Å². The van der Waals surface area contributed by atoms with Crippen LogP contribution in [0.2, 0.25) is 5.15 Å². The van der Waals surface area contributed by atoms with Gasteiger partial charge in [-0.2, -0.15) is 0 Å². The second-order valence-electron chi connectivity index (χ2n) is 5.21. The van der Waals surface area contributed by atoms with Gasteiger partial charge in [0.2, 0.25) is 0 Å². The van der Waals surface area contributed by atoms with Crippen molar-refractivity contribution in [2.45, 2.75) is 58.1 Å². The molecule has 0 radical (unpaired) electrons. The fraction of sp³-hybridized carbons (Fsp3) is 0.714. The molecular formula is C14H21ClN2O3. The van der Waals surface area contributed by atoms with Crippen LogP contribution in [-0.4, -0.2) is 22.3 Å². The summed E-state index contributed by atoms with van der Waals surface area (Å²) in [6, 6.07) is 0. The molecule has 2 heterocycles. The lowest BCUT2D eigenvalue weighted by atomic mass is 10.1. The summed E-state index contributed by atoms with van der Waals surface area (Å²) in [5.41, 5.74) is -0.203. The first-order valence-electron chi connectivity index (χ1n) is 7.26. The van der Waals surface area contributed by atoms with Crippen LogP contribution in [0.5, 0.6) is 0 Å². The molecule has 0 aliphatic carbocycles. The highest BCUT2D eigenvalue weighted by molar-refractivity contribution is 6.30. The molecule has 1 aromatic heterocycles. The van der Waals surface area contributed by atoms with Gasteiger partial charge in [-0.05, 0) is 32.1 Å². The van der Waals surface area contributed by atoms with E-state index in [4.69, 9.17) is 16.3 Å². The highest BCUT2D eigenvalue weighted by Gasteiger charge is 2.16. The van der Waals surface area contributed by atoms with E-state index in [0.717, 1.165) is 32.3 Å². The lowest BCUT2D eigenvalue weighted by Gasteiger charge is -2.22. The van der Waals surface area contributed by atoms with Gasteiger partial charge in [0.1, 0.15) is 5.15 Å². The molecule has 1 aliphatic heterocycles. The molecule has 2 rings (SSSR count).